The minimum Gasteiger partial charge on any atom is -0.392 e. The van der Waals surface area contributed by atoms with E-state index >= 15 is 0 Å². The van der Waals surface area contributed by atoms with E-state index in [2.05, 4.69) is 19.8 Å². The molecule has 0 radical (unpaired) electrons. The van der Waals surface area contributed by atoms with Gasteiger partial charge in [-0.2, -0.15) is 27.1 Å². The highest BCUT2D eigenvalue weighted by molar-refractivity contribution is 5.76. The van der Waals surface area contributed by atoms with E-state index in [0.29, 0.717) is 28.2 Å². The Labute approximate surface area is 206 Å². The molecule has 1 aromatic carbocycles. The maximum Gasteiger partial charge on any atom is 0.491 e. The lowest BCUT2D eigenvalue weighted by molar-refractivity contribution is -0.332. The van der Waals surface area contributed by atoms with Gasteiger partial charge in [-0.1, -0.05) is 19.1 Å². The first-order valence-electron chi connectivity index (χ1n) is 10.8. The molecule has 3 heterocycles. The number of esters is 1. The Morgan fingerprint density at radius 2 is 1.86 bits per heavy atom. The molecule has 0 aliphatic carbocycles. The second-order valence-corrected chi connectivity index (χ2v) is 8.34. The van der Waals surface area contributed by atoms with Gasteiger partial charge in [0.2, 0.25) is 0 Å². The number of anilines is 1. The molecule has 1 unspecified atom stereocenters. The molecule has 4 aromatic rings. The monoisotopic (exact) mass is 524 g/mol. The van der Waals surface area contributed by atoms with Crippen LogP contribution in [0.25, 0.3) is 28.3 Å². The van der Waals surface area contributed by atoms with E-state index in [0.717, 1.165) is 13.0 Å². The summed E-state index contributed by atoms with van der Waals surface area (Å²) in [5, 5.41) is 14.9. The molecular weight excluding hydrogens is 503 g/mol. The quantitative estimate of drug-likeness (QED) is 0.289. The van der Waals surface area contributed by atoms with Gasteiger partial charge < -0.3 is 15.6 Å². The van der Waals surface area contributed by atoms with Crippen LogP contribution < -0.4 is 5.73 Å². The van der Waals surface area contributed by atoms with Crippen molar-refractivity contribution in [1.29, 1.82) is 0 Å². The first kappa shape index (κ1) is 26.0. The van der Waals surface area contributed by atoms with Gasteiger partial charge in [0.25, 0.3) is 0 Å². The van der Waals surface area contributed by atoms with Crippen LogP contribution >= 0.6 is 0 Å². The Hall–Kier alpha value is -4.07. The van der Waals surface area contributed by atoms with Crippen molar-refractivity contribution in [3.8, 4) is 22.6 Å². The number of nitrogens with zero attached hydrogens (tertiary/aromatic N) is 5. The number of ether oxygens (including phenoxy) is 1. The second kappa shape index (κ2) is 8.80. The van der Waals surface area contributed by atoms with Gasteiger partial charge >= 0.3 is 18.3 Å². The Kier molecular flexibility index (Phi) is 6.18. The van der Waals surface area contributed by atoms with Crippen molar-refractivity contribution in [1.82, 2.24) is 24.1 Å². The molecule has 0 aliphatic heterocycles. The number of fused-ring (bicyclic) bond motifs is 1. The van der Waals surface area contributed by atoms with Crippen LogP contribution in [0.3, 0.4) is 0 Å². The number of halogens is 5. The Balaban J connectivity index is 1.85. The lowest BCUT2D eigenvalue weighted by Crippen LogP contribution is -2.50. The van der Waals surface area contributed by atoms with Gasteiger partial charge in [0.05, 0.1) is 17.6 Å². The highest BCUT2D eigenvalue weighted by Crippen LogP contribution is 2.44. The summed E-state index contributed by atoms with van der Waals surface area (Å²) in [6.45, 7) is 2.79. The van der Waals surface area contributed by atoms with Gasteiger partial charge in [0.15, 0.2) is 17.1 Å². The number of hydrogen-bond acceptors (Lipinski definition) is 7. The summed E-state index contributed by atoms with van der Waals surface area (Å²) in [4.78, 5) is 19.7. The highest BCUT2D eigenvalue weighted by atomic mass is 19.4. The van der Waals surface area contributed by atoms with Gasteiger partial charge in [0, 0.05) is 25.0 Å². The number of benzene rings is 1. The average molecular weight is 524 g/mol. The fourth-order valence-electron chi connectivity index (χ4n) is 3.95. The SMILES string of the molecule is CCC(O)(c1ccc(C)c(-c2cnc3c(N)nc(-c4ccnn4C)cn23)c1)C(F)(F)OC(=O)C(F)(F)F. The number of aryl methyl sites for hydroxylation is 2. The standard InChI is InChI=1S/C23H21F5N6O3/c1-4-21(36,23(27,28)37-20(35)22(24,25)26)13-6-5-12(2)14(9-13)17-10-30-19-18(29)32-15(11-34(17)19)16-7-8-31-33(16)3/h5-11,36H,4H2,1-3H3,(H2,29,32). The zero-order valence-electron chi connectivity index (χ0n) is 19.7. The summed E-state index contributed by atoms with van der Waals surface area (Å²) in [5.41, 5.74) is 4.95. The van der Waals surface area contributed by atoms with Crippen LogP contribution in [0.15, 0.2) is 42.9 Å². The number of hydrogen-bond donors (Lipinski definition) is 2. The molecule has 14 heteroatoms. The van der Waals surface area contributed by atoms with E-state index in [4.69, 9.17) is 5.73 Å². The van der Waals surface area contributed by atoms with Gasteiger partial charge in [-0.3, -0.25) is 9.08 Å². The van der Waals surface area contributed by atoms with Crippen LogP contribution in [0.1, 0.15) is 24.5 Å². The molecule has 0 fully saturated rings. The molecule has 0 saturated carbocycles. The molecule has 0 spiro atoms. The number of imidazole rings is 1. The van der Waals surface area contributed by atoms with E-state index < -0.39 is 35.8 Å². The Morgan fingerprint density at radius 1 is 1.16 bits per heavy atom. The number of aromatic nitrogens is 5. The summed E-state index contributed by atoms with van der Waals surface area (Å²) >= 11 is 0. The van der Waals surface area contributed by atoms with Crippen molar-refractivity contribution < 1.29 is 36.6 Å². The predicted molar refractivity (Wildman–Crippen MR) is 121 cm³/mol. The second-order valence-electron chi connectivity index (χ2n) is 8.34. The van der Waals surface area contributed by atoms with Gasteiger partial charge in [-0.25, -0.2) is 14.8 Å². The van der Waals surface area contributed by atoms with Crippen molar-refractivity contribution in [3.05, 3.63) is 54.0 Å². The van der Waals surface area contributed by atoms with Crippen molar-refractivity contribution in [2.75, 3.05) is 5.73 Å². The summed E-state index contributed by atoms with van der Waals surface area (Å²) in [7, 11) is 1.71. The number of alkyl halides is 5. The summed E-state index contributed by atoms with van der Waals surface area (Å²) in [6, 6.07) is 5.41. The third kappa shape index (κ3) is 4.37. The van der Waals surface area contributed by atoms with Crippen LogP contribution in [-0.2, 0) is 22.2 Å². The zero-order chi connectivity index (χ0) is 27.3. The number of rotatable bonds is 6. The van der Waals surface area contributed by atoms with Crippen LogP contribution in [-0.4, -0.2) is 47.5 Å². The maximum absolute atomic E-state index is 14.8. The third-order valence-electron chi connectivity index (χ3n) is 6.04. The minimum absolute atomic E-state index is 0.0782. The summed E-state index contributed by atoms with van der Waals surface area (Å²) in [6.07, 6.45) is -6.75. The molecule has 0 amide bonds. The first-order valence-corrected chi connectivity index (χ1v) is 10.8. The molecule has 4 rings (SSSR count). The van der Waals surface area contributed by atoms with E-state index in [9.17, 15) is 31.9 Å². The lowest BCUT2D eigenvalue weighted by Gasteiger charge is -2.34. The van der Waals surface area contributed by atoms with Gasteiger partial charge in [0.1, 0.15) is 5.69 Å². The number of nitrogens with two attached hydrogens (primary N) is 1. The number of aliphatic hydroxyl groups is 1. The Bertz CT molecular complexity index is 1500. The average Bonchev–Trinajstić information content (AvgIpc) is 3.44. The fourth-order valence-corrected chi connectivity index (χ4v) is 3.95. The van der Waals surface area contributed by atoms with Gasteiger partial charge in [-0.05, 0) is 36.6 Å². The molecule has 0 aliphatic rings. The van der Waals surface area contributed by atoms with Crippen LogP contribution in [0.5, 0.6) is 0 Å². The fraction of sp³-hybridized carbons (Fsp3) is 0.304. The third-order valence-corrected chi connectivity index (χ3v) is 6.04. The molecule has 196 valence electrons. The summed E-state index contributed by atoms with van der Waals surface area (Å²) < 4.78 is 74.0. The van der Waals surface area contributed by atoms with E-state index in [1.165, 1.54) is 18.3 Å². The molecule has 0 saturated heterocycles. The van der Waals surface area contributed by atoms with Gasteiger partial charge in [-0.15, -0.1) is 0 Å². The normalized spacial score (nSPS) is 14.1. The molecule has 3 aromatic heterocycles. The number of carbonyl (C=O) groups is 1. The molecule has 37 heavy (non-hydrogen) atoms. The van der Waals surface area contributed by atoms with Crippen molar-refractivity contribution >= 4 is 17.4 Å². The topological polar surface area (TPSA) is 121 Å². The molecule has 1 atom stereocenters. The molecule has 0 bridgehead atoms. The summed E-state index contributed by atoms with van der Waals surface area (Å²) in [5.74, 6) is -3.04. The van der Waals surface area contributed by atoms with Crippen LogP contribution in [0.2, 0.25) is 0 Å². The van der Waals surface area contributed by atoms with Crippen molar-refractivity contribution in [2.24, 2.45) is 7.05 Å². The number of nitrogen functional groups attached to an aromatic ring is 1. The first-order chi connectivity index (χ1) is 17.2. The Morgan fingerprint density at radius 3 is 2.46 bits per heavy atom. The van der Waals surface area contributed by atoms with Crippen molar-refractivity contribution in [2.45, 2.75) is 38.2 Å². The van der Waals surface area contributed by atoms with E-state index in [1.54, 1.807) is 41.5 Å². The van der Waals surface area contributed by atoms with Crippen LogP contribution in [0.4, 0.5) is 27.8 Å². The molecule has 3 N–H and O–H groups in total. The maximum atomic E-state index is 14.8. The van der Waals surface area contributed by atoms with Crippen LogP contribution in [0, 0.1) is 6.92 Å². The zero-order valence-corrected chi connectivity index (χ0v) is 19.7. The van der Waals surface area contributed by atoms with E-state index in [-0.39, 0.29) is 11.5 Å². The minimum atomic E-state index is -5.67. The number of carbonyl (C=O) groups excluding carboxylic acids is 1. The van der Waals surface area contributed by atoms with Crippen molar-refractivity contribution in [3.63, 3.8) is 0 Å². The molecule has 9 nitrogen and oxygen atoms in total. The smallest absolute Gasteiger partial charge is 0.392 e. The largest absolute Gasteiger partial charge is 0.491 e. The lowest BCUT2D eigenvalue weighted by atomic mass is 9.87. The van der Waals surface area contributed by atoms with E-state index in [1.807, 2.05) is 0 Å². The predicted octanol–water partition coefficient (Wildman–Crippen LogP) is 3.98. The molecular formula is C23H21F5N6O3. The highest BCUT2D eigenvalue weighted by Gasteiger charge is 2.59.